The summed E-state index contributed by atoms with van der Waals surface area (Å²) in [5.41, 5.74) is 5.09. The van der Waals surface area contributed by atoms with E-state index < -0.39 is 0 Å². The predicted octanol–water partition coefficient (Wildman–Crippen LogP) is 6.11. The van der Waals surface area contributed by atoms with Crippen molar-refractivity contribution in [3.8, 4) is 0 Å². The molecule has 31 heavy (non-hydrogen) atoms. The Balaban J connectivity index is 1.60. The zero-order chi connectivity index (χ0) is 21.5. The summed E-state index contributed by atoms with van der Waals surface area (Å²) in [5.74, 6) is 0.951. The van der Waals surface area contributed by atoms with Gasteiger partial charge < -0.3 is 10.6 Å². The minimum absolute atomic E-state index is 0.242. The summed E-state index contributed by atoms with van der Waals surface area (Å²) in [4.78, 5) is 13.2. The second kappa shape index (κ2) is 9.88. The first-order valence-electron chi connectivity index (χ1n) is 9.31. The molecule has 0 aliphatic carbocycles. The first-order chi connectivity index (χ1) is 15.2. The molecule has 3 aromatic carbocycles. The first-order valence-corrected chi connectivity index (χ1v) is 10.1. The molecule has 4 aromatic rings. The zero-order valence-corrected chi connectivity index (χ0v) is 17.6. The van der Waals surface area contributed by atoms with Crippen molar-refractivity contribution in [2.45, 2.75) is 0 Å². The van der Waals surface area contributed by atoms with Crippen LogP contribution in [0.1, 0.15) is 5.56 Å². The van der Waals surface area contributed by atoms with Crippen LogP contribution < -0.4 is 16.1 Å². The lowest BCUT2D eigenvalue weighted by atomic mass is 10.2. The second-order valence-corrected chi connectivity index (χ2v) is 7.11. The van der Waals surface area contributed by atoms with Crippen LogP contribution in [0.4, 0.5) is 29.2 Å². The number of nitrogens with zero attached hydrogens (tertiary/aromatic N) is 4. The fraction of sp³-hybridized carbons (Fsp3) is 0. The number of halogens is 2. The lowest BCUT2D eigenvalue weighted by Gasteiger charge is -2.10. The molecule has 0 spiro atoms. The van der Waals surface area contributed by atoms with Crippen LogP contribution in [0.15, 0.2) is 84.0 Å². The molecule has 0 saturated heterocycles. The molecule has 1 heterocycles. The van der Waals surface area contributed by atoms with E-state index >= 15 is 0 Å². The second-order valence-electron chi connectivity index (χ2n) is 6.29. The first kappa shape index (κ1) is 20.6. The molecule has 0 bridgehead atoms. The maximum absolute atomic E-state index is 6.18. The van der Waals surface area contributed by atoms with E-state index in [9.17, 15) is 0 Å². The highest BCUT2D eigenvalue weighted by atomic mass is 35.5. The van der Waals surface area contributed by atoms with E-state index in [0.717, 1.165) is 11.4 Å². The molecule has 0 saturated carbocycles. The molecule has 9 heteroatoms. The van der Waals surface area contributed by atoms with Gasteiger partial charge in [-0.2, -0.15) is 20.1 Å². The Labute approximate surface area is 189 Å². The Morgan fingerprint density at radius 1 is 0.613 bits per heavy atom. The van der Waals surface area contributed by atoms with E-state index in [1.54, 1.807) is 18.2 Å². The third-order valence-corrected chi connectivity index (χ3v) is 4.71. The summed E-state index contributed by atoms with van der Waals surface area (Å²) < 4.78 is 0. The van der Waals surface area contributed by atoms with Gasteiger partial charge in [0.1, 0.15) is 0 Å². The Hall–Kier alpha value is -3.68. The average molecular weight is 450 g/mol. The largest absolute Gasteiger partial charge is 0.324 e. The van der Waals surface area contributed by atoms with Crippen molar-refractivity contribution in [3.05, 3.63) is 94.5 Å². The average Bonchev–Trinajstić information content (AvgIpc) is 2.77. The highest BCUT2D eigenvalue weighted by molar-refractivity contribution is 6.38. The number of anilines is 5. The SMILES string of the molecule is Clc1cccc(Cl)c1C=NNc1nc(Nc2ccccc2)nc(Nc2ccccc2)n1. The molecule has 0 atom stereocenters. The van der Waals surface area contributed by atoms with E-state index in [1.807, 2.05) is 60.7 Å². The van der Waals surface area contributed by atoms with E-state index in [-0.39, 0.29) is 5.95 Å². The lowest BCUT2D eigenvalue weighted by Crippen LogP contribution is -2.07. The minimum atomic E-state index is 0.242. The van der Waals surface area contributed by atoms with E-state index in [0.29, 0.717) is 27.5 Å². The molecule has 154 valence electrons. The molecule has 0 amide bonds. The van der Waals surface area contributed by atoms with Crippen LogP contribution in [0.3, 0.4) is 0 Å². The molecule has 0 fully saturated rings. The summed E-state index contributed by atoms with van der Waals surface area (Å²) in [6.45, 7) is 0. The van der Waals surface area contributed by atoms with Gasteiger partial charge in [-0.05, 0) is 36.4 Å². The summed E-state index contributed by atoms with van der Waals surface area (Å²) >= 11 is 12.4. The molecule has 4 rings (SSSR count). The van der Waals surface area contributed by atoms with Crippen LogP contribution in [0.5, 0.6) is 0 Å². The van der Waals surface area contributed by atoms with Crippen LogP contribution in [0, 0.1) is 0 Å². The fourth-order valence-electron chi connectivity index (χ4n) is 2.63. The van der Waals surface area contributed by atoms with Gasteiger partial charge in [0.05, 0.1) is 16.3 Å². The highest BCUT2D eigenvalue weighted by Crippen LogP contribution is 2.22. The Bertz CT molecular complexity index is 1110. The summed E-state index contributed by atoms with van der Waals surface area (Å²) in [7, 11) is 0. The standard InChI is InChI=1S/C22H17Cl2N7/c23-18-12-7-13-19(24)17(18)14-25-31-22-29-20(26-15-8-3-1-4-9-15)28-21(30-22)27-16-10-5-2-6-11-16/h1-14H,(H3,26,27,28,29,30,31). The van der Waals surface area contributed by atoms with Crippen molar-refractivity contribution in [3.63, 3.8) is 0 Å². The zero-order valence-electron chi connectivity index (χ0n) is 16.1. The van der Waals surface area contributed by atoms with Crippen molar-refractivity contribution < 1.29 is 0 Å². The lowest BCUT2D eigenvalue weighted by molar-refractivity contribution is 1.04. The van der Waals surface area contributed by atoms with Crippen LogP contribution in [0.25, 0.3) is 0 Å². The van der Waals surface area contributed by atoms with Crippen molar-refractivity contribution >= 4 is 58.6 Å². The van der Waals surface area contributed by atoms with Crippen molar-refractivity contribution in [2.24, 2.45) is 5.10 Å². The van der Waals surface area contributed by atoms with E-state index in [1.165, 1.54) is 6.21 Å². The topological polar surface area (TPSA) is 87.1 Å². The van der Waals surface area contributed by atoms with Crippen molar-refractivity contribution in [2.75, 3.05) is 16.1 Å². The molecule has 7 nitrogen and oxygen atoms in total. The molecule has 1 aromatic heterocycles. The summed E-state index contributed by atoms with van der Waals surface area (Å²) in [6.07, 6.45) is 1.52. The van der Waals surface area contributed by atoms with Gasteiger partial charge in [-0.1, -0.05) is 65.7 Å². The number of hydrazone groups is 1. The number of aromatic nitrogens is 3. The van der Waals surface area contributed by atoms with Crippen molar-refractivity contribution in [1.29, 1.82) is 0 Å². The maximum Gasteiger partial charge on any atom is 0.250 e. The van der Waals surface area contributed by atoms with Gasteiger partial charge >= 0.3 is 0 Å². The minimum Gasteiger partial charge on any atom is -0.324 e. The predicted molar refractivity (Wildman–Crippen MR) is 127 cm³/mol. The highest BCUT2D eigenvalue weighted by Gasteiger charge is 2.08. The molecule has 0 unspecified atom stereocenters. The number of para-hydroxylation sites is 2. The van der Waals surface area contributed by atoms with Crippen LogP contribution in [-0.2, 0) is 0 Å². The van der Waals surface area contributed by atoms with E-state index in [4.69, 9.17) is 23.2 Å². The molecule has 0 aliphatic rings. The van der Waals surface area contributed by atoms with Gasteiger partial charge in [0, 0.05) is 16.9 Å². The van der Waals surface area contributed by atoms with Gasteiger partial charge in [-0.15, -0.1) is 0 Å². The number of benzene rings is 3. The Kier molecular flexibility index (Phi) is 6.56. The number of rotatable bonds is 7. The van der Waals surface area contributed by atoms with Gasteiger partial charge in [0.2, 0.25) is 17.8 Å². The number of hydrogen-bond donors (Lipinski definition) is 3. The Morgan fingerprint density at radius 2 is 1.10 bits per heavy atom. The van der Waals surface area contributed by atoms with Gasteiger partial charge in [0.15, 0.2) is 0 Å². The van der Waals surface area contributed by atoms with Crippen LogP contribution >= 0.6 is 23.2 Å². The smallest absolute Gasteiger partial charge is 0.250 e. The van der Waals surface area contributed by atoms with Crippen LogP contribution in [0.2, 0.25) is 10.0 Å². The quantitative estimate of drug-likeness (QED) is 0.233. The maximum atomic E-state index is 6.18. The van der Waals surface area contributed by atoms with Gasteiger partial charge in [0.25, 0.3) is 0 Å². The van der Waals surface area contributed by atoms with Gasteiger partial charge in [-0.3, -0.25) is 0 Å². The van der Waals surface area contributed by atoms with Crippen LogP contribution in [-0.4, -0.2) is 21.2 Å². The summed E-state index contributed by atoms with van der Waals surface area (Å²) in [5, 5.41) is 11.5. The third kappa shape index (κ3) is 5.69. The Morgan fingerprint density at radius 3 is 1.61 bits per heavy atom. The molecule has 0 radical (unpaired) electrons. The molecule has 0 aliphatic heterocycles. The monoisotopic (exact) mass is 449 g/mol. The number of hydrogen-bond acceptors (Lipinski definition) is 7. The fourth-order valence-corrected chi connectivity index (χ4v) is 3.12. The molecular weight excluding hydrogens is 433 g/mol. The molecular formula is C22H17Cl2N7. The number of nitrogens with one attached hydrogen (secondary N) is 3. The summed E-state index contributed by atoms with van der Waals surface area (Å²) in [6, 6.07) is 24.5. The third-order valence-electron chi connectivity index (χ3n) is 4.05. The molecule has 3 N–H and O–H groups in total. The van der Waals surface area contributed by atoms with Gasteiger partial charge in [-0.25, -0.2) is 5.43 Å². The van der Waals surface area contributed by atoms with E-state index in [2.05, 4.69) is 36.1 Å². The van der Waals surface area contributed by atoms with Crippen molar-refractivity contribution in [1.82, 2.24) is 15.0 Å². The normalized spacial score (nSPS) is 10.8.